The Morgan fingerprint density at radius 3 is 2.32 bits per heavy atom. The highest BCUT2D eigenvalue weighted by molar-refractivity contribution is 6.36. The zero-order chi connectivity index (χ0) is 19.9. The van der Waals surface area contributed by atoms with Crippen LogP contribution in [0, 0.1) is 0 Å². The van der Waals surface area contributed by atoms with E-state index in [2.05, 4.69) is 10.3 Å². The lowest BCUT2D eigenvalue weighted by molar-refractivity contribution is -0.119. The quantitative estimate of drug-likeness (QED) is 0.573. The van der Waals surface area contributed by atoms with Crippen molar-refractivity contribution in [2.24, 2.45) is 0 Å². The van der Waals surface area contributed by atoms with Gasteiger partial charge in [0.05, 0.1) is 15.6 Å². The molecule has 0 saturated heterocycles. The number of para-hydroxylation sites is 1. The number of nitrogens with zero attached hydrogens (tertiary/aromatic N) is 1. The highest BCUT2D eigenvalue weighted by Gasteiger charge is 2.12. The number of carbonyl (C=O) groups excluding carboxylic acids is 2. The Morgan fingerprint density at radius 1 is 0.964 bits per heavy atom. The molecule has 2 aromatic carbocycles. The molecule has 0 unspecified atom stereocenters. The minimum absolute atomic E-state index is 0.134. The van der Waals surface area contributed by atoms with Crippen molar-refractivity contribution >= 4 is 40.9 Å². The van der Waals surface area contributed by atoms with Crippen LogP contribution >= 0.6 is 23.2 Å². The van der Waals surface area contributed by atoms with E-state index in [1.54, 1.807) is 24.3 Å². The van der Waals surface area contributed by atoms with Crippen molar-refractivity contribution in [1.29, 1.82) is 0 Å². The molecule has 0 spiro atoms. The molecule has 3 rings (SSSR count). The second kappa shape index (κ2) is 9.21. The largest absolute Gasteiger partial charge is 0.457 e. The van der Waals surface area contributed by atoms with Gasteiger partial charge in [-0.15, -0.1) is 0 Å². The first-order chi connectivity index (χ1) is 13.5. The lowest BCUT2D eigenvalue weighted by atomic mass is 10.2. The molecular formula is C20H14Cl2N2O4. The topological polar surface area (TPSA) is 77.5 Å². The van der Waals surface area contributed by atoms with Crippen molar-refractivity contribution in [1.82, 2.24) is 4.98 Å². The summed E-state index contributed by atoms with van der Waals surface area (Å²) in [5.41, 5.74) is 0.288. The Morgan fingerprint density at radius 2 is 1.64 bits per heavy atom. The normalized spacial score (nSPS) is 10.2. The second-order valence-electron chi connectivity index (χ2n) is 5.55. The highest BCUT2D eigenvalue weighted by atomic mass is 35.5. The molecule has 0 fully saturated rings. The third-order valence-corrected chi connectivity index (χ3v) is 3.96. The number of hydrogen-bond acceptors (Lipinski definition) is 5. The summed E-state index contributed by atoms with van der Waals surface area (Å²) in [5.74, 6) is 0.174. The number of nitrogens with one attached hydrogen (secondary N) is 1. The van der Waals surface area contributed by atoms with Crippen molar-refractivity contribution in [2.75, 3.05) is 11.9 Å². The molecule has 1 N–H and O–H groups in total. The van der Waals surface area contributed by atoms with E-state index in [4.69, 9.17) is 32.7 Å². The zero-order valence-electron chi connectivity index (χ0n) is 14.4. The van der Waals surface area contributed by atoms with Gasteiger partial charge in [0.1, 0.15) is 11.5 Å². The lowest BCUT2D eigenvalue weighted by Crippen LogP contribution is -2.21. The average molecular weight is 417 g/mol. The van der Waals surface area contributed by atoms with Crippen molar-refractivity contribution in [3.63, 3.8) is 0 Å². The van der Waals surface area contributed by atoms with Crippen molar-refractivity contribution < 1.29 is 19.1 Å². The van der Waals surface area contributed by atoms with Crippen LogP contribution in [0.5, 0.6) is 11.5 Å². The molecule has 1 heterocycles. The first-order valence-corrected chi connectivity index (χ1v) is 8.88. The summed E-state index contributed by atoms with van der Waals surface area (Å²) in [7, 11) is 0. The summed E-state index contributed by atoms with van der Waals surface area (Å²) in [5, 5.41) is 2.97. The van der Waals surface area contributed by atoms with Crippen LogP contribution < -0.4 is 10.1 Å². The molecule has 28 heavy (non-hydrogen) atoms. The minimum atomic E-state index is -0.642. The predicted molar refractivity (Wildman–Crippen MR) is 106 cm³/mol. The van der Waals surface area contributed by atoms with Crippen LogP contribution in [0.3, 0.4) is 0 Å². The molecule has 142 valence electrons. The van der Waals surface area contributed by atoms with Gasteiger partial charge in [-0.3, -0.25) is 4.79 Å². The van der Waals surface area contributed by atoms with Crippen LogP contribution in [0.2, 0.25) is 10.0 Å². The van der Waals surface area contributed by atoms with E-state index in [0.717, 1.165) is 0 Å². The number of esters is 1. The number of carbonyl (C=O) groups is 2. The number of benzene rings is 2. The summed E-state index contributed by atoms with van der Waals surface area (Å²) in [4.78, 5) is 27.9. The van der Waals surface area contributed by atoms with E-state index >= 15 is 0 Å². The van der Waals surface area contributed by atoms with E-state index < -0.39 is 18.5 Å². The van der Waals surface area contributed by atoms with Crippen molar-refractivity contribution in [3.05, 3.63) is 82.5 Å². The van der Waals surface area contributed by atoms with Gasteiger partial charge < -0.3 is 14.8 Å². The third-order valence-electron chi connectivity index (χ3n) is 3.47. The Bertz CT molecular complexity index is 979. The van der Waals surface area contributed by atoms with Crippen LogP contribution in [-0.2, 0) is 9.53 Å². The monoisotopic (exact) mass is 416 g/mol. The molecule has 1 aromatic heterocycles. The molecule has 0 aliphatic carbocycles. The molecule has 0 aliphatic heterocycles. The van der Waals surface area contributed by atoms with Crippen molar-refractivity contribution in [3.8, 4) is 11.5 Å². The van der Waals surface area contributed by atoms with Crippen LogP contribution in [0.1, 0.15) is 10.4 Å². The van der Waals surface area contributed by atoms with Crippen LogP contribution in [0.15, 0.2) is 66.9 Å². The van der Waals surface area contributed by atoms with E-state index in [0.29, 0.717) is 16.5 Å². The van der Waals surface area contributed by atoms with Crippen LogP contribution in [0.4, 0.5) is 5.82 Å². The number of rotatable bonds is 6. The zero-order valence-corrected chi connectivity index (χ0v) is 15.9. The standard InChI is InChI=1S/C20H14Cl2N2O4/c21-14-10-17(22)19(23-11-14)24-18(25)12-27-20(26)13-6-8-16(9-7-13)28-15-4-2-1-3-5-15/h1-11H,12H2,(H,23,24,25). The smallest absolute Gasteiger partial charge is 0.338 e. The summed E-state index contributed by atoms with van der Waals surface area (Å²) < 4.78 is 10.6. The van der Waals surface area contributed by atoms with E-state index in [1.165, 1.54) is 12.3 Å². The molecular weight excluding hydrogens is 403 g/mol. The molecule has 0 saturated carbocycles. The van der Waals surface area contributed by atoms with Gasteiger partial charge in [-0.05, 0) is 42.5 Å². The SMILES string of the molecule is O=C(COC(=O)c1ccc(Oc2ccccc2)cc1)Nc1ncc(Cl)cc1Cl. The fourth-order valence-electron chi connectivity index (χ4n) is 2.17. The van der Waals surface area contributed by atoms with Gasteiger partial charge in [0.25, 0.3) is 5.91 Å². The average Bonchev–Trinajstić information content (AvgIpc) is 2.70. The maximum absolute atomic E-state index is 12.1. The number of pyridine rings is 1. The predicted octanol–water partition coefficient (Wildman–Crippen LogP) is 4.98. The Hall–Kier alpha value is -3.09. The fourth-order valence-corrected chi connectivity index (χ4v) is 2.60. The number of aromatic nitrogens is 1. The number of amides is 1. The lowest BCUT2D eigenvalue weighted by Gasteiger charge is -2.08. The molecule has 0 bridgehead atoms. The maximum atomic E-state index is 12.1. The minimum Gasteiger partial charge on any atom is -0.457 e. The third kappa shape index (κ3) is 5.45. The van der Waals surface area contributed by atoms with Gasteiger partial charge in [0, 0.05) is 6.20 Å². The number of hydrogen-bond donors (Lipinski definition) is 1. The summed E-state index contributed by atoms with van der Waals surface area (Å²) in [6.45, 7) is -0.484. The number of halogens is 2. The molecule has 3 aromatic rings. The van der Waals surface area contributed by atoms with Gasteiger partial charge in [0.2, 0.25) is 0 Å². The van der Waals surface area contributed by atoms with Gasteiger partial charge in [-0.2, -0.15) is 0 Å². The molecule has 0 atom stereocenters. The maximum Gasteiger partial charge on any atom is 0.338 e. The van der Waals surface area contributed by atoms with Crippen LogP contribution in [0.25, 0.3) is 0 Å². The first kappa shape index (κ1) is 19.7. The summed E-state index contributed by atoms with van der Waals surface area (Å²) >= 11 is 11.7. The van der Waals surface area contributed by atoms with E-state index in [9.17, 15) is 9.59 Å². The number of anilines is 1. The second-order valence-corrected chi connectivity index (χ2v) is 6.39. The Kier molecular flexibility index (Phi) is 6.47. The van der Waals surface area contributed by atoms with Gasteiger partial charge in [-0.1, -0.05) is 41.4 Å². The number of ether oxygens (including phenoxy) is 2. The molecule has 1 amide bonds. The molecule has 8 heteroatoms. The van der Waals surface area contributed by atoms with E-state index in [1.807, 2.05) is 30.3 Å². The Labute approximate surface area is 171 Å². The summed E-state index contributed by atoms with van der Waals surface area (Å²) in [6, 6.07) is 17.1. The van der Waals surface area contributed by atoms with Crippen molar-refractivity contribution in [2.45, 2.75) is 0 Å². The molecule has 0 aliphatic rings. The Balaban J connectivity index is 1.52. The van der Waals surface area contributed by atoms with Gasteiger partial charge in [0.15, 0.2) is 12.4 Å². The highest BCUT2D eigenvalue weighted by Crippen LogP contribution is 2.23. The molecule has 0 radical (unpaired) electrons. The fraction of sp³-hybridized carbons (Fsp3) is 0.0500. The summed E-state index contributed by atoms with van der Waals surface area (Å²) in [6.07, 6.45) is 1.34. The van der Waals surface area contributed by atoms with Crippen LogP contribution in [-0.4, -0.2) is 23.5 Å². The van der Waals surface area contributed by atoms with E-state index in [-0.39, 0.29) is 16.4 Å². The molecule has 6 nitrogen and oxygen atoms in total. The first-order valence-electron chi connectivity index (χ1n) is 8.12. The van der Waals surface area contributed by atoms with Gasteiger partial charge in [-0.25, -0.2) is 9.78 Å². The van der Waals surface area contributed by atoms with Gasteiger partial charge >= 0.3 is 5.97 Å².